The molecule has 0 amide bonds. The van der Waals surface area contributed by atoms with Crippen LogP contribution in [0.1, 0.15) is 37.3 Å². The molecule has 0 atom stereocenters. The number of benzene rings is 1. The largest absolute Gasteiger partial charge is 0.481 e. The summed E-state index contributed by atoms with van der Waals surface area (Å²) in [6.07, 6.45) is 2.24. The minimum Gasteiger partial charge on any atom is -0.481 e. The molecule has 0 unspecified atom stereocenters. The van der Waals surface area contributed by atoms with Crippen LogP contribution in [0.15, 0.2) is 12.1 Å². The quantitative estimate of drug-likeness (QED) is 0.821. The lowest BCUT2D eigenvalue weighted by Gasteiger charge is -2.27. The van der Waals surface area contributed by atoms with E-state index in [2.05, 4.69) is 17.9 Å². The van der Waals surface area contributed by atoms with Gasteiger partial charge in [-0.1, -0.05) is 31.0 Å². The molecule has 19 heavy (non-hydrogen) atoms. The van der Waals surface area contributed by atoms with Crippen LogP contribution in [0, 0.1) is 13.8 Å². The van der Waals surface area contributed by atoms with Crippen LogP contribution >= 0.6 is 11.6 Å². The van der Waals surface area contributed by atoms with Crippen molar-refractivity contribution < 1.29 is 9.90 Å². The average Bonchev–Trinajstić information content (AvgIpc) is 2.30. The van der Waals surface area contributed by atoms with Crippen LogP contribution in [0.4, 0.5) is 5.69 Å². The zero-order valence-corrected chi connectivity index (χ0v) is 12.6. The van der Waals surface area contributed by atoms with Crippen LogP contribution in [-0.4, -0.2) is 24.2 Å². The van der Waals surface area contributed by atoms with E-state index in [1.807, 2.05) is 19.9 Å². The fourth-order valence-electron chi connectivity index (χ4n) is 2.22. The topological polar surface area (TPSA) is 40.5 Å². The molecule has 1 aromatic carbocycles. The van der Waals surface area contributed by atoms with Crippen molar-refractivity contribution in [2.45, 2.75) is 40.0 Å². The summed E-state index contributed by atoms with van der Waals surface area (Å²) < 4.78 is 0. The van der Waals surface area contributed by atoms with Gasteiger partial charge >= 0.3 is 5.97 Å². The number of carboxylic acids is 1. The molecule has 1 rings (SSSR count). The first-order valence-electron chi connectivity index (χ1n) is 6.69. The molecule has 1 N–H and O–H groups in total. The van der Waals surface area contributed by atoms with Crippen LogP contribution in [0.5, 0.6) is 0 Å². The van der Waals surface area contributed by atoms with Gasteiger partial charge in [0.15, 0.2) is 0 Å². The Hall–Kier alpha value is -1.22. The second-order valence-corrected chi connectivity index (χ2v) is 5.30. The van der Waals surface area contributed by atoms with E-state index in [1.54, 1.807) is 0 Å². The van der Waals surface area contributed by atoms with Crippen molar-refractivity contribution in [2.75, 3.05) is 18.0 Å². The maximum absolute atomic E-state index is 10.8. The summed E-state index contributed by atoms with van der Waals surface area (Å²) in [5, 5.41) is 9.57. The minimum atomic E-state index is -0.776. The second-order valence-electron chi connectivity index (χ2n) is 4.90. The van der Waals surface area contributed by atoms with Gasteiger partial charge in [0.1, 0.15) is 0 Å². The monoisotopic (exact) mass is 283 g/mol. The van der Waals surface area contributed by atoms with E-state index in [1.165, 1.54) is 0 Å². The predicted octanol–water partition coefficient (Wildman–Crippen LogP) is 4.04. The fraction of sp³-hybridized carbons (Fsp3) is 0.533. The highest BCUT2D eigenvalue weighted by molar-refractivity contribution is 6.33. The summed E-state index contributed by atoms with van der Waals surface area (Å²) in [4.78, 5) is 12.9. The van der Waals surface area contributed by atoms with Crippen molar-refractivity contribution in [1.82, 2.24) is 0 Å². The number of aryl methyl sites for hydroxylation is 2. The van der Waals surface area contributed by atoms with Gasteiger partial charge in [0.25, 0.3) is 0 Å². The van der Waals surface area contributed by atoms with E-state index < -0.39 is 5.97 Å². The summed E-state index contributed by atoms with van der Waals surface area (Å²) in [5.41, 5.74) is 3.20. The molecular weight excluding hydrogens is 262 g/mol. The summed E-state index contributed by atoms with van der Waals surface area (Å²) in [5.74, 6) is -0.776. The summed E-state index contributed by atoms with van der Waals surface area (Å²) in [7, 11) is 0. The van der Waals surface area contributed by atoms with Crippen molar-refractivity contribution in [3.05, 3.63) is 28.3 Å². The van der Waals surface area contributed by atoms with Crippen LogP contribution < -0.4 is 4.90 Å². The van der Waals surface area contributed by atoms with Gasteiger partial charge in [-0.2, -0.15) is 0 Å². The Kier molecular flexibility index (Phi) is 6.16. The van der Waals surface area contributed by atoms with Gasteiger partial charge in [-0.3, -0.25) is 4.79 Å². The zero-order valence-electron chi connectivity index (χ0n) is 11.9. The average molecular weight is 284 g/mol. The van der Waals surface area contributed by atoms with Gasteiger partial charge in [0.2, 0.25) is 0 Å². The van der Waals surface area contributed by atoms with Gasteiger partial charge in [-0.25, -0.2) is 0 Å². The van der Waals surface area contributed by atoms with Crippen molar-refractivity contribution in [1.29, 1.82) is 0 Å². The highest BCUT2D eigenvalue weighted by Crippen LogP contribution is 2.31. The fourth-order valence-corrected chi connectivity index (χ4v) is 2.66. The van der Waals surface area contributed by atoms with E-state index >= 15 is 0 Å². The Morgan fingerprint density at radius 2 is 2.00 bits per heavy atom. The highest BCUT2D eigenvalue weighted by Gasteiger charge is 2.14. The lowest BCUT2D eigenvalue weighted by molar-refractivity contribution is -0.136. The van der Waals surface area contributed by atoms with Gasteiger partial charge in [0, 0.05) is 13.1 Å². The molecule has 106 valence electrons. The Morgan fingerprint density at radius 1 is 1.32 bits per heavy atom. The van der Waals surface area contributed by atoms with Crippen molar-refractivity contribution in [2.24, 2.45) is 0 Å². The third kappa shape index (κ3) is 4.75. The molecule has 0 heterocycles. The third-order valence-electron chi connectivity index (χ3n) is 3.09. The maximum Gasteiger partial charge on any atom is 0.305 e. The summed E-state index contributed by atoms with van der Waals surface area (Å²) >= 11 is 6.33. The standard InChI is InChI=1S/C15H22ClNO2/c1-4-5-7-17(8-6-14(18)19)15-12(3)9-11(2)10-13(15)16/h9-10H,4-8H2,1-3H3,(H,18,19). The zero-order chi connectivity index (χ0) is 14.4. The summed E-state index contributed by atoms with van der Waals surface area (Å²) in [6, 6.07) is 4.02. The normalized spacial score (nSPS) is 10.5. The van der Waals surface area contributed by atoms with E-state index in [0.717, 1.165) is 36.2 Å². The number of rotatable bonds is 7. The van der Waals surface area contributed by atoms with Crippen LogP contribution in [0.2, 0.25) is 5.02 Å². The number of anilines is 1. The second kappa shape index (κ2) is 7.39. The smallest absolute Gasteiger partial charge is 0.305 e. The van der Waals surface area contributed by atoms with Crippen LogP contribution in [0.25, 0.3) is 0 Å². The molecular formula is C15H22ClNO2. The minimum absolute atomic E-state index is 0.132. The molecule has 0 aromatic heterocycles. The number of carbonyl (C=O) groups is 1. The van der Waals surface area contributed by atoms with Gasteiger partial charge < -0.3 is 10.0 Å². The highest BCUT2D eigenvalue weighted by atomic mass is 35.5. The molecule has 0 aliphatic heterocycles. The Morgan fingerprint density at radius 3 is 2.53 bits per heavy atom. The van der Waals surface area contributed by atoms with Crippen LogP contribution in [-0.2, 0) is 4.79 Å². The van der Waals surface area contributed by atoms with Crippen LogP contribution in [0.3, 0.4) is 0 Å². The number of aliphatic carboxylic acids is 1. The van der Waals surface area contributed by atoms with E-state index in [-0.39, 0.29) is 6.42 Å². The van der Waals surface area contributed by atoms with Crippen molar-refractivity contribution >= 4 is 23.3 Å². The third-order valence-corrected chi connectivity index (χ3v) is 3.38. The molecule has 0 aliphatic rings. The number of nitrogens with zero attached hydrogens (tertiary/aromatic N) is 1. The first kappa shape index (κ1) is 15.8. The Labute approximate surface area is 120 Å². The predicted molar refractivity (Wildman–Crippen MR) is 80.3 cm³/mol. The summed E-state index contributed by atoms with van der Waals surface area (Å²) in [6.45, 7) is 7.50. The number of hydrogen-bond acceptors (Lipinski definition) is 2. The maximum atomic E-state index is 10.8. The molecule has 0 radical (unpaired) electrons. The Bertz CT molecular complexity index is 423. The number of halogens is 1. The molecule has 0 fully saturated rings. The first-order chi connectivity index (χ1) is 8.95. The number of hydrogen-bond donors (Lipinski definition) is 1. The number of carboxylic acid groups (broad SMARTS) is 1. The van der Waals surface area contributed by atoms with Crippen molar-refractivity contribution in [3.63, 3.8) is 0 Å². The molecule has 4 heteroatoms. The molecule has 0 saturated carbocycles. The first-order valence-corrected chi connectivity index (χ1v) is 7.07. The van der Waals surface area contributed by atoms with E-state index in [0.29, 0.717) is 11.6 Å². The molecule has 0 saturated heterocycles. The van der Waals surface area contributed by atoms with E-state index in [9.17, 15) is 4.79 Å². The lowest BCUT2D eigenvalue weighted by Crippen LogP contribution is -2.28. The SMILES string of the molecule is CCCCN(CCC(=O)O)c1c(C)cc(C)cc1Cl. The van der Waals surface area contributed by atoms with Gasteiger partial charge in [-0.15, -0.1) is 0 Å². The molecule has 0 aliphatic carbocycles. The molecule has 3 nitrogen and oxygen atoms in total. The molecule has 0 bridgehead atoms. The Balaban J connectivity index is 2.98. The van der Waals surface area contributed by atoms with E-state index in [4.69, 9.17) is 16.7 Å². The van der Waals surface area contributed by atoms with Crippen molar-refractivity contribution in [3.8, 4) is 0 Å². The number of unbranched alkanes of at least 4 members (excludes halogenated alkanes) is 1. The molecule has 1 aromatic rings. The van der Waals surface area contributed by atoms with Gasteiger partial charge in [-0.05, 0) is 37.5 Å². The lowest BCUT2D eigenvalue weighted by atomic mass is 10.1. The van der Waals surface area contributed by atoms with Gasteiger partial charge in [0.05, 0.1) is 17.1 Å². The molecule has 0 spiro atoms.